The molecule has 6 heteroatoms. The highest BCUT2D eigenvalue weighted by molar-refractivity contribution is 7.89. The SMILES string of the molecule is C=CCN(Cc1cccs1)S(=O)(=O)[C@@H]1CCO[C@H]1C. The monoisotopic (exact) mass is 301 g/mol. The van der Waals surface area contributed by atoms with Crippen molar-refractivity contribution in [3.63, 3.8) is 0 Å². The van der Waals surface area contributed by atoms with Crippen LogP contribution in [0.1, 0.15) is 18.2 Å². The van der Waals surface area contributed by atoms with Gasteiger partial charge < -0.3 is 4.74 Å². The van der Waals surface area contributed by atoms with E-state index in [1.807, 2.05) is 24.4 Å². The summed E-state index contributed by atoms with van der Waals surface area (Å²) in [5.74, 6) is 0. The molecule has 0 radical (unpaired) electrons. The molecule has 0 unspecified atom stereocenters. The molecule has 2 heterocycles. The highest BCUT2D eigenvalue weighted by Gasteiger charge is 2.39. The number of hydrogen-bond donors (Lipinski definition) is 0. The average Bonchev–Trinajstić information content (AvgIpc) is 2.99. The lowest BCUT2D eigenvalue weighted by molar-refractivity contribution is 0.125. The minimum atomic E-state index is -3.34. The third-order valence-electron chi connectivity index (χ3n) is 3.29. The van der Waals surface area contributed by atoms with Gasteiger partial charge in [-0.15, -0.1) is 17.9 Å². The second kappa shape index (κ2) is 6.17. The molecule has 1 aromatic heterocycles. The Morgan fingerprint density at radius 1 is 1.63 bits per heavy atom. The van der Waals surface area contributed by atoms with E-state index in [0.717, 1.165) is 4.88 Å². The summed E-state index contributed by atoms with van der Waals surface area (Å²) in [5, 5.41) is 1.52. The van der Waals surface area contributed by atoms with E-state index in [9.17, 15) is 8.42 Å². The van der Waals surface area contributed by atoms with Gasteiger partial charge in [0.05, 0.1) is 6.10 Å². The quantitative estimate of drug-likeness (QED) is 0.757. The van der Waals surface area contributed by atoms with Crippen molar-refractivity contribution in [2.45, 2.75) is 31.2 Å². The summed E-state index contributed by atoms with van der Waals surface area (Å²) in [4.78, 5) is 1.04. The van der Waals surface area contributed by atoms with Gasteiger partial charge in [0.25, 0.3) is 0 Å². The van der Waals surface area contributed by atoms with E-state index in [0.29, 0.717) is 26.1 Å². The van der Waals surface area contributed by atoms with Crippen molar-refractivity contribution in [2.75, 3.05) is 13.2 Å². The van der Waals surface area contributed by atoms with Gasteiger partial charge in [-0.25, -0.2) is 8.42 Å². The van der Waals surface area contributed by atoms with Crippen molar-refractivity contribution in [1.29, 1.82) is 0 Å². The van der Waals surface area contributed by atoms with Crippen LogP contribution in [-0.4, -0.2) is 37.2 Å². The number of nitrogens with zero attached hydrogens (tertiary/aromatic N) is 1. The fourth-order valence-corrected chi connectivity index (χ4v) is 5.05. The van der Waals surface area contributed by atoms with Crippen molar-refractivity contribution < 1.29 is 13.2 Å². The molecule has 0 bridgehead atoms. The third-order valence-corrected chi connectivity index (χ3v) is 6.54. The molecule has 4 nitrogen and oxygen atoms in total. The van der Waals surface area contributed by atoms with Gasteiger partial charge in [-0.2, -0.15) is 4.31 Å². The standard InChI is InChI=1S/C13H19NO3S2/c1-3-7-14(10-12-5-4-9-18-12)19(15,16)13-6-8-17-11(13)2/h3-5,9,11,13H,1,6-8,10H2,2H3/t11-,13+/m0/s1. The van der Waals surface area contributed by atoms with E-state index in [4.69, 9.17) is 4.74 Å². The molecule has 1 aliphatic heterocycles. The van der Waals surface area contributed by atoms with Crippen LogP contribution in [0.25, 0.3) is 0 Å². The first-order valence-electron chi connectivity index (χ1n) is 6.29. The molecule has 0 saturated carbocycles. The van der Waals surface area contributed by atoms with Crippen LogP contribution in [0.2, 0.25) is 0 Å². The van der Waals surface area contributed by atoms with Crippen molar-refractivity contribution in [3.05, 3.63) is 35.0 Å². The summed E-state index contributed by atoms with van der Waals surface area (Å²) in [7, 11) is -3.34. The number of thiophene rings is 1. The average molecular weight is 301 g/mol. The van der Waals surface area contributed by atoms with Crippen LogP contribution in [-0.2, 0) is 21.3 Å². The first kappa shape index (κ1) is 14.7. The second-order valence-corrected chi connectivity index (χ2v) is 7.79. The van der Waals surface area contributed by atoms with E-state index >= 15 is 0 Å². The Balaban J connectivity index is 2.19. The normalized spacial score (nSPS) is 23.9. The van der Waals surface area contributed by atoms with E-state index < -0.39 is 15.3 Å². The van der Waals surface area contributed by atoms with E-state index in [-0.39, 0.29) is 6.10 Å². The first-order chi connectivity index (χ1) is 9.05. The van der Waals surface area contributed by atoms with Gasteiger partial charge in [0.1, 0.15) is 5.25 Å². The molecule has 106 valence electrons. The van der Waals surface area contributed by atoms with Crippen molar-refractivity contribution in [1.82, 2.24) is 4.31 Å². The predicted molar refractivity (Wildman–Crippen MR) is 77.7 cm³/mol. The first-order valence-corrected chi connectivity index (χ1v) is 8.68. The van der Waals surface area contributed by atoms with Crippen LogP contribution in [0, 0.1) is 0 Å². The highest BCUT2D eigenvalue weighted by Crippen LogP contribution is 2.25. The molecular weight excluding hydrogens is 282 g/mol. The van der Waals surface area contributed by atoms with E-state index in [1.54, 1.807) is 17.4 Å². The van der Waals surface area contributed by atoms with Crippen LogP contribution in [0.5, 0.6) is 0 Å². The van der Waals surface area contributed by atoms with Crippen LogP contribution >= 0.6 is 11.3 Å². The molecule has 2 rings (SSSR count). The van der Waals surface area contributed by atoms with E-state index in [1.165, 1.54) is 4.31 Å². The minimum Gasteiger partial charge on any atom is -0.377 e. The number of rotatable bonds is 6. The smallest absolute Gasteiger partial charge is 0.220 e. The number of sulfonamides is 1. The van der Waals surface area contributed by atoms with Crippen LogP contribution in [0.4, 0.5) is 0 Å². The summed E-state index contributed by atoms with van der Waals surface area (Å²) in [6.07, 6.45) is 1.97. The Morgan fingerprint density at radius 3 is 2.95 bits per heavy atom. The zero-order chi connectivity index (χ0) is 13.9. The Labute approximate surface area is 118 Å². The number of hydrogen-bond acceptors (Lipinski definition) is 4. The fourth-order valence-electron chi connectivity index (χ4n) is 2.27. The maximum Gasteiger partial charge on any atom is 0.220 e. The summed E-state index contributed by atoms with van der Waals surface area (Å²) in [5.41, 5.74) is 0. The Kier molecular flexibility index (Phi) is 4.78. The van der Waals surface area contributed by atoms with Gasteiger partial charge in [-0.1, -0.05) is 12.1 Å². The van der Waals surface area contributed by atoms with Gasteiger partial charge in [0, 0.05) is 24.6 Å². The molecular formula is C13H19NO3S2. The van der Waals surface area contributed by atoms with Crippen LogP contribution < -0.4 is 0 Å². The van der Waals surface area contributed by atoms with Gasteiger partial charge in [0.15, 0.2) is 0 Å². The van der Waals surface area contributed by atoms with Crippen molar-refractivity contribution in [3.8, 4) is 0 Å². The fraction of sp³-hybridized carbons (Fsp3) is 0.538. The largest absolute Gasteiger partial charge is 0.377 e. The number of ether oxygens (including phenoxy) is 1. The summed E-state index contributed by atoms with van der Waals surface area (Å²) < 4.78 is 32.2. The van der Waals surface area contributed by atoms with Crippen molar-refractivity contribution in [2.24, 2.45) is 0 Å². The molecule has 0 spiro atoms. The lowest BCUT2D eigenvalue weighted by atomic mass is 10.3. The maximum atomic E-state index is 12.7. The topological polar surface area (TPSA) is 46.6 Å². The molecule has 1 fully saturated rings. The third kappa shape index (κ3) is 3.25. The second-order valence-electron chi connectivity index (χ2n) is 4.61. The molecule has 1 aromatic rings. The zero-order valence-electron chi connectivity index (χ0n) is 11.0. The lowest BCUT2D eigenvalue weighted by Gasteiger charge is -2.25. The van der Waals surface area contributed by atoms with Gasteiger partial charge >= 0.3 is 0 Å². The van der Waals surface area contributed by atoms with Gasteiger partial charge in [-0.3, -0.25) is 0 Å². The molecule has 0 aliphatic carbocycles. The summed E-state index contributed by atoms with van der Waals surface area (Å²) >= 11 is 1.56. The maximum absolute atomic E-state index is 12.7. The predicted octanol–water partition coefficient (Wildman–Crippen LogP) is 2.24. The zero-order valence-corrected chi connectivity index (χ0v) is 12.6. The molecule has 0 N–H and O–H groups in total. The molecule has 19 heavy (non-hydrogen) atoms. The molecule has 0 aromatic carbocycles. The highest BCUT2D eigenvalue weighted by atomic mass is 32.2. The Morgan fingerprint density at radius 2 is 2.42 bits per heavy atom. The van der Waals surface area contributed by atoms with Gasteiger partial charge in [0.2, 0.25) is 10.0 Å². The van der Waals surface area contributed by atoms with E-state index in [2.05, 4.69) is 6.58 Å². The summed E-state index contributed by atoms with van der Waals surface area (Å²) in [6.45, 7) is 6.75. The molecule has 1 saturated heterocycles. The Bertz CT molecular complexity index is 510. The molecule has 2 atom stereocenters. The van der Waals surface area contributed by atoms with Gasteiger partial charge in [-0.05, 0) is 24.8 Å². The van der Waals surface area contributed by atoms with Crippen LogP contribution in [0.15, 0.2) is 30.2 Å². The van der Waals surface area contributed by atoms with Crippen LogP contribution in [0.3, 0.4) is 0 Å². The molecule has 0 amide bonds. The minimum absolute atomic E-state index is 0.236. The molecule has 1 aliphatic rings. The van der Waals surface area contributed by atoms with Crippen molar-refractivity contribution >= 4 is 21.4 Å². The summed E-state index contributed by atoms with van der Waals surface area (Å²) in [6, 6.07) is 3.88. The lowest BCUT2D eigenvalue weighted by Crippen LogP contribution is -2.41. The Hall–Kier alpha value is -0.690.